The van der Waals surface area contributed by atoms with Crippen molar-refractivity contribution in [2.75, 3.05) is 55.9 Å². The number of benzene rings is 2. The summed E-state index contributed by atoms with van der Waals surface area (Å²) < 4.78 is 20.3. The second-order valence-corrected chi connectivity index (χ2v) is 10.3. The molecule has 2 aromatic carbocycles. The van der Waals surface area contributed by atoms with Gasteiger partial charge in [0.2, 0.25) is 11.9 Å². The SMILES string of the molecule is CNC(=O)c1c(F)cccc1Nc1nc(Nc2cc3c(cc2OC)CCN3C(=O)CN2CCC(O)C2)nc2[nH]ccc12. The molecule has 4 aromatic rings. The van der Waals surface area contributed by atoms with Crippen molar-refractivity contribution in [2.45, 2.75) is 18.9 Å². The minimum Gasteiger partial charge on any atom is -0.495 e. The number of rotatable bonds is 8. The second-order valence-electron chi connectivity index (χ2n) is 10.3. The van der Waals surface area contributed by atoms with Crippen LogP contribution in [0.15, 0.2) is 42.6 Å². The molecule has 2 aliphatic heterocycles. The summed E-state index contributed by atoms with van der Waals surface area (Å²) in [6, 6.07) is 9.85. The van der Waals surface area contributed by atoms with Gasteiger partial charge in [-0.15, -0.1) is 0 Å². The number of amides is 2. The zero-order valence-corrected chi connectivity index (χ0v) is 23.2. The number of nitrogens with one attached hydrogen (secondary N) is 4. The highest BCUT2D eigenvalue weighted by Crippen LogP contribution is 2.39. The second kappa shape index (κ2) is 11.3. The molecule has 42 heavy (non-hydrogen) atoms. The summed E-state index contributed by atoms with van der Waals surface area (Å²) in [6.07, 6.45) is 2.68. The fourth-order valence-corrected chi connectivity index (χ4v) is 5.50. The molecule has 13 heteroatoms. The molecular formula is C29H31FN8O4. The molecule has 2 aromatic heterocycles. The molecule has 0 spiro atoms. The average molecular weight is 575 g/mol. The molecule has 1 atom stereocenters. The minimum absolute atomic E-state index is 0.0310. The first-order valence-electron chi connectivity index (χ1n) is 13.7. The molecule has 1 saturated heterocycles. The third-order valence-corrected chi connectivity index (χ3v) is 7.59. The zero-order valence-electron chi connectivity index (χ0n) is 23.2. The van der Waals surface area contributed by atoms with Gasteiger partial charge < -0.3 is 35.7 Å². The number of aliphatic hydroxyl groups is 1. The normalized spacial score (nSPS) is 16.5. The van der Waals surface area contributed by atoms with E-state index < -0.39 is 17.8 Å². The number of methoxy groups -OCH3 is 1. The van der Waals surface area contributed by atoms with E-state index in [9.17, 15) is 19.1 Å². The Kier molecular flexibility index (Phi) is 7.35. The monoisotopic (exact) mass is 574 g/mol. The van der Waals surface area contributed by atoms with E-state index in [1.165, 1.54) is 19.2 Å². The molecule has 0 saturated carbocycles. The number of ether oxygens (including phenoxy) is 1. The van der Waals surface area contributed by atoms with E-state index in [0.29, 0.717) is 60.8 Å². The Balaban J connectivity index is 1.31. The Morgan fingerprint density at radius 3 is 2.79 bits per heavy atom. The van der Waals surface area contributed by atoms with Crippen LogP contribution < -0.4 is 25.6 Å². The number of aromatic amines is 1. The smallest absolute Gasteiger partial charge is 0.256 e. The van der Waals surface area contributed by atoms with Crippen molar-refractivity contribution < 1.29 is 23.8 Å². The molecule has 5 N–H and O–H groups in total. The van der Waals surface area contributed by atoms with Crippen LogP contribution in [0.5, 0.6) is 5.75 Å². The van der Waals surface area contributed by atoms with Gasteiger partial charge in [-0.3, -0.25) is 14.5 Å². The van der Waals surface area contributed by atoms with Gasteiger partial charge in [0.25, 0.3) is 5.91 Å². The Labute approximate surface area is 240 Å². The van der Waals surface area contributed by atoms with Crippen LogP contribution in [0.3, 0.4) is 0 Å². The number of carbonyl (C=O) groups excluding carboxylic acids is 2. The maximum absolute atomic E-state index is 14.6. The van der Waals surface area contributed by atoms with E-state index in [4.69, 9.17) is 4.74 Å². The fraction of sp³-hybridized carbons (Fsp3) is 0.310. The lowest BCUT2D eigenvalue weighted by Gasteiger charge is -2.22. The number of likely N-dealkylation sites (tertiary alicyclic amines) is 1. The third-order valence-electron chi connectivity index (χ3n) is 7.59. The molecular weight excluding hydrogens is 543 g/mol. The van der Waals surface area contributed by atoms with E-state index in [1.54, 1.807) is 30.3 Å². The summed E-state index contributed by atoms with van der Waals surface area (Å²) in [5.74, 6) is -0.148. The van der Waals surface area contributed by atoms with Crippen molar-refractivity contribution in [1.29, 1.82) is 0 Å². The molecule has 4 heterocycles. The van der Waals surface area contributed by atoms with Gasteiger partial charge in [0.05, 0.1) is 42.1 Å². The van der Waals surface area contributed by atoms with Gasteiger partial charge in [0.15, 0.2) is 0 Å². The molecule has 6 rings (SSSR count). The molecule has 0 radical (unpaired) electrons. The van der Waals surface area contributed by atoms with E-state index in [-0.39, 0.29) is 29.7 Å². The number of fused-ring (bicyclic) bond motifs is 2. The van der Waals surface area contributed by atoms with Gasteiger partial charge in [0.1, 0.15) is 23.0 Å². The van der Waals surface area contributed by atoms with E-state index in [0.717, 1.165) is 11.3 Å². The Hall–Kier alpha value is -4.75. The van der Waals surface area contributed by atoms with Crippen molar-refractivity contribution in [3.05, 3.63) is 59.5 Å². The molecule has 218 valence electrons. The van der Waals surface area contributed by atoms with Crippen LogP contribution in [0.1, 0.15) is 22.3 Å². The van der Waals surface area contributed by atoms with Crippen LogP contribution in [0.4, 0.5) is 33.2 Å². The summed E-state index contributed by atoms with van der Waals surface area (Å²) in [7, 11) is 3.00. The summed E-state index contributed by atoms with van der Waals surface area (Å²) in [5, 5.41) is 19.3. The summed E-state index contributed by atoms with van der Waals surface area (Å²) in [4.78, 5) is 41.7. The lowest BCUT2D eigenvalue weighted by Crippen LogP contribution is -2.39. The predicted molar refractivity (Wildman–Crippen MR) is 156 cm³/mol. The number of hydrogen-bond acceptors (Lipinski definition) is 9. The van der Waals surface area contributed by atoms with Gasteiger partial charge in [-0.25, -0.2) is 4.39 Å². The van der Waals surface area contributed by atoms with Crippen LogP contribution in [0, 0.1) is 5.82 Å². The van der Waals surface area contributed by atoms with Crippen molar-refractivity contribution in [2.24, 2.45) is 0 Å². The van der Waals surface area contributed by atoms with E-state index in [2.05, 4.69) is 30.9 Å². The number of nitrogens with zero attached hydrogens (tertiary/aromatic N) is 4. The van der Waals surface area contributed by atoms with Gasteiger partial charge in [-0.1, -0.05) is 6.07 Å². The topological polar surface area (TPSA) is 148 Å². The number of aromatic nitrogens is 3. The van der Waals surface area contributed by atoms with Crippen molar-refractivity contribution >= 4 is 51.7 Å². The van der Waals surface area contributed by atoms with Gasteiger partial charge in [-0.2, -0.15) is 9.97 Å². The number of carbonyl (C=O) groups is 2. The molecule has 1 unspecified atom stereocenters. The summed E-state index contributed by atoms with van der Waals surface area (Å²) in [6.45, 7) is 1.98. The lowest BCUT2D eigenvalue weighted by molar-refractivity contribution is -0.119. The molecule has 0 bridgehead atoms. The highest BCUT2D eigenvalue weighted by Gasteiger charge is 2.30. The molecule has 1 fully saturated rings. The van der Waals surface area contributed by atoms with Crippen molar-refractivity contribution in [3.63, 3.8) is 0 Å². The first-order chi connectivity index (χ1) is 20.3. The molecule has 2 amide bonds. The van der Waals surface area contributed by atoms with Crippen LogP contribution in [-0.2, 0) is 11.2 Å². The highest BCUT2D eigenvalue weighted by molar-refractivity contribution is 6.02. The fourth-order valence-electron chi connectivity index (χ4n) is 5.50. The third kappa shape index (κ3) is 5.19. The van der Waals surface area contributed by atoms with Gasteiger partial charge in [-0.05, 0) is 48.7 Å². The van der Waals surface area contributed by atoms with Gasteiger partial charge in [0, 0.05) is 38.6 Å². The standard InChI is InChI=1S/C29H31FN8O4/c1-31-28(41)25-19(30)4-3-5-20(25)33-27-18-6-9-32-26(18)35-29(36-27)34-21-13-22-16(12-23(21)42-2)7-11-38(22)24(40)15-37-10-8-17(39)14-37/h3-6,9,12-13,17,39H,7-8,10-11,14-15H2,1-2H3,(H,31,41)(H3,32,33,34,35,36). The zero-order chi connectivity index (χ0) is 29.4. The van der Waals surface area contributed by atoms with Crippen LogP contribution in [0.2, 0.25) is 0 Å². The van der Waals surface area contributed by atoms with E-state index in [1.807, 2.05) is 17.0 Å². The number of H-pyrrole nitrogens is 1. The van der Waals surface area contributed by atoms with Crippen molar-refractivity contribution in [1.82, 2.24) is 25.2 Å². The molecule has 0 aliphatic carbocycles. The number of aliphatic hydroxyl groups excluding tert-OH is 1. The maximum atomic E-state index is 14.6. The summed E-state index contributed by atoms with van der Waals surface area (Å²) >= 11 is 0. The molecule has 12 nitrogen and oxygen atoms in total. The quantitative estimate of drug-likeness (QED) is 0.214. The highest BCUT2D eigenvalue weighted by atomic mass is 19.1. The van der Waals surface area contributed by atoms with Crippen LogP contribution in [0.25, 0.3) is 11.0 Å². The number of anilines is 5. The Bertz CT molecular complexity index is 1680. The van der Waals surface area contributed by atoms with Crippen LogP contribution >= 0.6 is 0 Å². The lowest BCUT2D eigenvalue weighted by atomic mass is 10.1. The average Bonchev–Trinajstić information content (AvgIpc) is 3.72. The molecule has 2 aliphatic rings. The first-order valence-corrected chi connectivity index (χ1v) is 13.7. The largest absolute Gasteiger partial charge is 0.495 e. The minimum atomic E-state index is -0.667. The van der Waals surface area contributed by atoms with Crippen molar-refractivity contribution in [3.8, 4) is 5.75 Å². The van der Waals surface area contributed by atoms with Gasteiger partial charge >= 0.3 is 0 Å². The first kappa shape index (κ1) is 27.4. The summed E-state index contributed by atoms with van der Waals surface area (Å²) in [5.41, 5.74) is 2.95. The number of hydrogen-bond donors (Lipinski definition) is 5. The maximum Gasteiger partial charge on any atom is 0.256 e. The number of β-amino-alcohol motifs (C(OH)–C–C–N with tert-alkyl or cyclic N) is 1. The Morgan fingerprint density at radius 2 is 2.02 bits per heavy atom. The predicted octanol–water partition coefficient (Wildman–Crippen LogP) is 2.91. The Morgan fingerprint density at radius 1 is 1.17 bits per heavy atom. The number of halogens is 1. The van der Waals surface area contributed by atoms with Crippen LogP contribution in [-0.4, -0.2) is 83.2 Å². The van der Waals surface area contributed by atoms with E-state index >= 15 is 0 Å².